The Morgan fingerprint density at radius 1 is 1.53 bits per heavy atom. The highest BCUT2D eigenvalue weighted by Crippen LogP contribution is 2.65. The molecule has 4 atom stereocenters. The van der Waals surface area contributed by atoms with Crippen LogP contribution < -0.4 is 0 Å². The standard InChI is InChI=1S/C14H22O4S/c1-13(2)10-4-6-14(13,11(15)8-10)9-19(17)7-5-12(16)18-3/h5,7,10-11,15H,4,6,8-9H2,1-3H3/b7-5+/t10-,11-,14-,19+/m1/s1. The number of hydrogen-bond acceptors (Lipinski definition) is 4. The summed E-state index contributed by atoms with van der Waals surface area (Å²) in [4.78, 5) is 11.0. The number of esters is 1. The number of hydrogen-bond donors (Lipinski definition) is 1. The molecule has 19 heavy (non-hydrogen) atoms. The van der Waals surface area contributed by atoms with E-state index in [1.807, 2.05) is 0 Å². The Hall–Kier alpha value is -0.680. The highest BCUT2D eigenvalue weighted by molar-refractivity contribution is 7.88. The molecule has 0 aromatic carbocycles. The molecule has 0 unspecified atom stereocenters. The topological polar surface area (TPSA) is 63.6 Å². The zero-order valence-corrected chi connectivity index (χ0v) is 12.5. The molecule has 2 bridgehead atoms. The summed E-state index contributed by atoms with van der Waals surface area (Å²) in [5.41, 5.74) is -0.260. The summed E-state index contributed by atoms with van der Waals surface area (Å²) in [7, 11) is 0.0381. The average molecular weight is 286 g/mol. The normalized spacial score (nSPS) is 37.7. The number of carbonyl (C=O) groups is 1. The van der Waals surface area contributed by atoms with E-state index in [1.165, 1.54) is 18.6 Å². The lowest BCUT2D eigenvalue weighted by Gasteiger charge is -2.39. The summed E-state index contributed by atoms with van der Waals surface area (Å²) < 4.78 is 16.6. The number of aliphatic hydroxyl groups is 1. The minimum Gasteiger partial charge on any atom is -0.466 e. The first-order valence-electron chi connectivity index (χ1n) is 6.65. The minimum absolute atomic E-state index is 0.0151. The second kappa shape index (κ2) is 5.02. The van der Waals surface area contributed by atoms with E-state index in [0.717, 1.165) is 19.3 Å². The average Bonchev–Trinajstić information content (AvgIpc) is 2.70. The molecule has 4 nitrogen and oxygen atoms in total. The van der Waals surface area contributed by atoms with E-state index in [9.17, 15) is 14.1 Å². The number of methoxy groups -OCH3 is 1. The first kappa shape index (κ1) is 14.7. The van der Waals surface area contributed by atoms with Crippen LogP contribution in [0.2, 0.25) is 0 Å². The van der Waals surface area contributed by atoms with Gasteiger partial charge in [-0.1, -0.05) is 13.8 Å². The second-order valence-electron chi connectivity index (χ2n) is 6.22. The van der Waals surface area contributed by atoms with Crippen LogP contribution in [0.5, 0.6) is 0 Å². The van der Waals surface area contributed by atoms with Crippen LogP contribution in [0.25, 0.3) is 0 Å². The van der Waals surface area contributed by atoms with E-state index in [4.69, 9.17) is 0 Å². The fourth-order valence-corrected chi connectivity index (χ4v) is 5.46. The van der Waals surface area contributed by atoms with Gasteiger partial charge in [-0.2, -0.15) is 0 Å². The summed E-state index contributed by atoms with van der Waals surface area (Å²) >= 11 is 0. The predicted octanol–water partition coefficient (Wildman–Crippen LogP) is 1.61. The van der Waals surface area contributed by atoms with Crippen molar-refractivity contribution in [3.05, 3.63) is 11.5 Å². The van der Waals surface area contributed by atoms with E-state index in [1.54, 1.807) is 0 Å². The molecule has 2 aliphatic rings. The lowest BCUT2D eigenvalue weighted by molar-refractivity contribution is -0.134. The molecule has 2 aliphatic carbocycles. The summed E-state index contributed by atoms with van der Waals surface area (Å²) in [6.07, 6.45) is 3.65. The van der Waals surface area contributed by atoms with E-state index in [0.29, 0.717) is 11.7 Å². The fourth-order valence-electron chi connectivity index (χ4n) is 3.88. The van der Waals surface area contributed by atoms with Gasteiger partial charge in [0.1, 0.15) is 0 Å². The van der Waals surface area contributed by atoms with Gasteiger partial charge in [-0.25, -0.2) is 4.79 Å². The lowest BCUT2D eigenvalue weighted by Crippen LogP contribution is -2.43. The highest BCUT2D eigenvalue weighted by atomic mass is 32.2. The lowest BCUT2D eigenvalue weighted by atomic mass is 9.70. The highest BCUT2D eigenvalue weighted by Gasteiger charge is 2.63. The molecule has 0 radical (unpaired) electrons. The first-order valence-corrected chi connectivity index (χ1v) is 8.03. The smallest absolute Gasteiger partial charge is 0.331 e. The van der Waals surface area contributed by atoms with Crippen molar-refractivity contribution < 1.29 is 18.8 Å². The third kappa shape index (κ3) is 2.27. The summed E-state index contributed by atoms with van der Waals surface area (Å²) in [6.45, 7) is 4.34. The Morgan fingerprint density at radius 3 is 2.68 bits per heavy atom. The van der Waals surface area contributed by atoms with Crippen molar-refractivity contribution in [2.24, 2.45) is 16.7 Å². The molecular weight excluding hydrogens is 264 g/mol. The Bertz CT molecular complexity index is 429. The van der Waals surface area contributed by atoms with Gasteiger partial charge in [0.15, 0.2) is 0 Å². The largest absolute Gasteiger partial charge is 0.466 e. The van der Waals surface area contributed by atoms with Gasteiger partial charge in [0.2, 0.25) is 0 Å². The van der Waals surface area contributed by atoms with E-state index >= 15 is 0 Å². The molecule has 0 saturated heterocycles. The molecule has 0 aromatic rings. The maximum atomic E-state index is 12.1. The Morgan fingerprint density at radius 2 is 2.21 bits per heavy atom. The van der Waals surface area contributed by atoms with Crippen molar-refractivity contribution in [2.75, 3.05) is 12.9 Å². The SMILES string of the molecule is COC(=O)/C=C/[S@](=O)C[C@]12CC[C@H](C[C@H]1O)C2(C)C. The fraction of sp³-hybridized carbons (Fsp3) is 0.786. The number of carbonyl (C=O) groups excluding carboxylic acids is 1. The molecule has 2 saturated carbocycles. The molecule has 0 aliphatic heterocycles. The van der Waals surface area contributed by atoms with Crippen molar-refractivity contribution in [3.8, 4) is 0 Å². The predicted molar refractivity (Wildman–Crippen MR) is 73.7 cm³/mol. The molecule has 0 aromatic heterocycles. The number of rotatable bonds is 4. The molecule has 0 heterocycles. The van der Waals surface area contributed by atoms with Crippen molar-refractivity contribution in [3.63, 3.8) is 0 Å². The maximum absolute atomic E-state index is 12.1. The Kier molecular flexibility index (Phi) is 3.89. The van der Waals surface area contributed by atoms with Gasteiger partial charge in [-0.15, -0.1) is 0 Å². The molecular formula is C14H22O4S. The molecule has 1 N–H and O–H groups in total. The molecule has 0 spiro atoms. The molecule has 5 heteroatoms. The first-order chi connectivity index (χ1) is 8.83. The van der Waals surface area contributed by atoms with Gasteiger partial charge >= 0.3 is 5.97 Å². The Balaban J connectivity index is 2.11. The number of fused-ring (bicyclic) bond motifs is 2. The third-order valence-electron chi connectivity index (χ3n) is 5.35. The van der Waals surface area contributed by atoms with Crippen molar-refractivity contribution in [1.29, 1.82) is 0 Å². The maximum Gasteiger partial charge on any atom is 0.331 e. The van der Waals surface area contributed by atoms with Gasteiger partial charge in [0.25, 0.3) is 0 Å². The van der Waals surface area contributed by atoms with Crippen LogP contribution >= 0.6 is 0 Å². The van der Waals surface area contributed by atoms with Crippen LogP contribution in [0.1, 0.15) is 33.1 Å². The van der Waals surface area contributed by atoms with Gasteiger partial charge < -0.3 is 9.84 Å². The molecule has 108 valence electrons. The summed E-state index contributed by atoms with van der Waals surface area (Å²) in [5.74, 6) is 0.441. The van der Waals surface area contributed by atoms with Gasteiger partial charge in [-0.3, -0.25) is 4.21 Å². The number of aliphatic hydroxyl groups excluding tert-OH is 1. The molecule has 2 rings (SSSR count). The second-order valence-corrected chi connectivity index (χ2v) is 7.54. The van der Waals surface area contributed by atoms with Crippen LogP contribution in [-0.4, -0.2) is 34.3 Å². The van der Waals surface area contributed by atoms with Crippen molar-refractivity contribution in [1.82, 2.24) is 0 Å². The van der Waals surface area contributed by atoms with Gasteiger partial charge in [0.05, 0.1) is 13.2 Å². The number of ether oxygens (including phenoxy) is 1. The quantitative estimate of drug-likeness (QED) is 0.630. The molecule has 0 amide bonds. The van der Waals surface area contributed by atoms with E-state index < -0.39 is 16.8 Å². The van der Waals surface area contributed by atoms with E-state index in [-0.39, 0.29) is 16.9 Å². The third-order valence-corrected chi connectivity index (χ3v) is 6.58. The van der Waals surface area contributed by atoms with Crippen molar-refractivity contribution in [2.45, 2.75) is 39.2 Å². The zero-order valence-electron chi connectivity index (χ0n) is 11.7. The monoisotopic (exact) mass is 286 g/mol. The molecule has 2 fully saturated rings. The van der Waals surface area contributed by atoms with Crippen LogP contribution in [0, 0.1) is 16.7 Å². The van der Waals surface area contributed by atoms with Crippen LogP contribution in [0.15, 0.2) is 11.5 Å². The zero-order chi connectivity index (χ0) is 14.3. The summed E-state index contributed by atoms with van der Waals surface area (Å²) in [6, 6.07) is 0. The van der Waals surface area contributed by atoms with Crippen LogP contribution in [0.3, 0.4) is 0 Å². The van der Waals surface area contributed by atoms with Crippen molar-refractivity contribution >= 4 is 16.8 Å². The van der Waals surface area contributed by atoms with Gasteiger partial charge in [-0.05, 0) is 30.6 Å². The summed E-state index contributed by atoms with van der Waals surface area (Å²) in [5, 5.41) is 11.7. The Labute approximate surface area is 116 Å². The van der Waals surface area contributed by atoms with Crippen LogP contribution in [0.4, 0.5) is 0 Å². The minimum atomic E-state index is -1.25. The van der Waals surface area contributed by atoms with E-state index in [2.05, 4.69) is 18.6 Å². The van der Waals surface area contributed by atoms with Crippen LogP contribution in [-0.2, 0) is 20.3 Å². The van der Waals surface area contributed by atoms with Gasteiger partial charge in [0, 0.05) is 33.5 Å².